The number of methoxy groups -OCH3 is 1. The second kappa shape index (κ2) is 9.23. The quantitative estimate of drug-likeness (QED) is 0.608. The number of hydrogen-bond donors (Lipinski definition) is 1. The van der Waals surface area contributed by atoms with Gasteiger partial charge in [0.2, 0.25) is 5.91 Å². The summed E-state index contributed by atoms with van der Waals surface area (Å²) in [5.41, 5.74) is 1.58. The number of nitrogens with zero attached hydrogens (tertiary/aromatic N) is 2. The fraction of sp³-hybridized carbons (Fsp3) is 0.227. The van der Waals surface area contributed by atoms with Crippen LogP contribution in [0.15, 0.2) is 47.9 Å². The highest BCUT2D eigenvalue weighted by atomic mass is 32.1. The Balaban J connectivity index is 1.38. The molecule has 8 heteroatoms. The molecule has 3 aromatic rings. The van der Waals surface area contributed by atoms with Crippen molar-refractivity contribution < 1.29 is 14.3 Å². The molecule has 6 nitrogen and oxygen atoms in total. The Morgan fingerprint density at radius 2 is 2.07 bits per heavy atom. The molecule has 0 aliphatic carbocycles. The molecule has 0 radical (unpaired) electrons. The van der Waals surface area contributed by atoms with Crippen LogP contribution in [0.5, 0.6) is 5.75 Å². The molecule has 1 aliphatic rings. The van der Waals surface area contributed by atoms with Crippen molar-refractivity contribution in [3.05, 3.63) is 68.3 Å². The van der Waals surface area contributed by atoms with E-state index >= 15 is 0 Å². The van der Waals surface area contributed by atoms with Crippen molar-refractivity contribution in [1.29, 1.82) is 0 Å². The van der Waals surface area contributed by atoms with E-state index in [2.05, 4.69) is 10.3 Å². The van der Waals surface area contributed by atoms with E-state index in [0.29, 0.717) is 42.4 Å². The summed E-state index contributed by atoms with van der Waals surface area (Å²) in [6.45, 7) is 1.22. The van der Waals surface area contributed by atoms with Crippen molar-refractivity contribution in [2.24, 2.45) is 0 Å². The molecule has 1 aromatic carbocycles. The van der Waals surface area contributed by atoms with Crippen molar-refractivity contribution in [2.75, 3.05) is 25.5 Å². The summed E-state index contributed by atoms with van der Waals surface area (Å²) in [5, 5.41) is 5.30. The number of ether oxygens (including phenoxy) is 1. The van der Waals surface area contributed by atoms with E-state index in [0.717, 1.165) is 15.4 Å². The SMILES string of the molecule is COc1cccc(NC(=O)c2nc3c(s2)CCN(C(=O)/C=C/c2cccs2)CC3)c1. The second-order valence-corrected chi connectivity index (χ2v) is 8.81. The minimum atomic E-state index is -0.229. The highest BCUT2D eigenvalue weighted by molar-refractivity contribution is 7.13. The van der Waals surface area contributed by atoms with Gasteiger partial charge in [-0.2, -0.15) is 0 Å². The molecule has 2 aromatic heterocycles. The Kier molecular flexibility index (Phi) is 6.25. The smallest absolute Gasteiger partial charge is 0.284 e. The monoisotopic (exact) mass is 439 g/mol. The maximum Gasteiger partial charge on any atom is 0.284 e. The first-order chi connectivity index (χ1) is 14.6. The zero-order chi connectivity index (χ0) is 20.9. The molecule has 1 N–H and O–H groups in total. The van der Waals surface area contributed by atoms with Crippen LogP contribution in [0.3, 0.4) is 0 Å². The zero-order valence-electron chi connectivity index (χ0n) is 16.5. The first-order valence-electron chi connectivity index (χ1n) is 9.57. The van der Waals surface area contributed by atoms with Crippen LogP contribution < -0.4 is 10.1 Å². The largest absolute Gasteiger partial charge is 0.497 e. The fourth-order valence-electron chi connectivity index (χ4n) is 3.21. The molecule has 0 fully saturated rings. The summed E-state index contributed by atoms with van der Waals surface area (Å²) < 4.78 is 5.19. The predicted octanol–water partition coefficient (Wildman–Crippen LogP) is 4.11. The number of benzene rings is 1. The van der Waals surface area contributed by atoms with Gasteiger partial charge >= 0.3 is 0 Å². The molecule has 154 valence electrons. The lowest BCUT2D eigenvalue weighted by molar-refractivity contribution is -0.125. The Morgan fingerprint density at radius 3 is 2.87 bits per heavy atom. The molecular weight excluding hydrogens is 418 g/mol. The van der Waals surface area contributed by atoms with Gasteiger partial charge in [-0.25, -0.2) is 4.98 Å². The van der Waals surface area contributed by atoms with Crippen LogP contribution in [0.4, 0.5) is 5.69 Å². The number of carbonyl (C=O) groups is 2. The van der Waals surface area contributed by atoms with Crippen LogP contribution in [0, 0.1) is 0 Å². The van der Waals surface area contributed by atoms with Crippen LogP contribution in [0.25, 0.3) is 6.08 Å². The summed E-state index contributed by atoms with van der Waals surface area (Å²) in [6, 6.07) is 11.2. The minimum absolute atomic E-state index is 0.00884. The highest BCUT2D eigenvalue weighted by Crippen LogP contribution is 2.25. The van der Waals surface area contributed by atoms with Crippen molar-refractivity contribution in [1.82, 2.24) is 9.88 Å². The third-order valence-corrected chi connectivity index (χ3v) is 6.77. The lowest BCUT2D eigenvalue weighted by atomic mass is 10.2. The van der Waals surface area contributed by atoms with Gasteiger partial charge in [-0.05, 0) is 29.7 Å². The Labute approximate surface area is 182 Å². The third kappa shape index (κ3) is 4.77. The third-order valence-electron chi connectivity index (χ3n) is 4.77. The lowest BCUT2D eigenvalue weighted by Crippen LogP contribution is -2.31. The van der Waals surface area contributed by atoms with E-state index in [1.165, 1.54) is 11.3 Å². The molecule has 2 amide bonds. The van der Waals surface area contributed by atoms with Crippen LogP contribution in [0.1, 0.15) is 25.3 Å². The molecule has 0 unspecified atom stereocenters. The molecule has 3 heterocycles. The molecule has 30 heavy (non-hydrogen) atoms. The number of carbonyl (C=O) groups excluding carboxylic acids is 2. The standard InChI is InChI=1S/C22H21N3O3S2/c1-28-16-5-2-4-15(14-16)23-21(27)22-24-18-9-11-25(12-10-19(18)30-22)20(26)8-7-17-6-3-13-29-17/h2-8,13-14H,9-12H2,1H3,(H,23,27)/b8-7+. The number of amides is 2. The first kappa shape index (κ1) is 20.3. The second-order valence-electron chi connectivity index (χ2n) is 6.75. The molecule has 1 aliphatic heterocycles. The average Bonchev–Trinajstić information content (AvgIpc) is 3.38. The maximum atomic E-state index is 12.6. The van der Waals surface area contributed by atoms with E-state index in [9.17, 15) is 9.59 Å². The molecule has 0 atom stereocenters. The maximum absolute atomic E-state index is 12.6. The average molecular weight is 440 g/mol. The summed E-state index contributed by atoms with van der Waals surface area (Å²) in [7, 11) is 1.59. The summed E-state index contributed by atoms with van der Waals surface area (Å²) in [6.07, 6.45) is 4.84. The van der Waals surface area contributed by atoms with E-state index in [4.69, 9.17) is 4.74 Å². The van der Waals surface area contributed by atoms with Gasteiger partial charge in [0.15, 0.2) is 5.01 Å². The van der Waals surface area contributed by atoms with Gasteiger partial charge in [0, 0.05) is 53.5 Å². The van der Waals surface area contributed by atoms with Gasteiger partial charge in [-0.3, -0.25) is 9.59 Å². The topological polar surface area (TPSA) is 71.5 Å². The number of nitrogens with one attached hydrogen (secondary N) is 1. The number of hydrogen-bond acceptors (Lipinski definition) is 6. The van der Waals surface area contributed by atoms with E-state index in [1.54, 1.807) is 30.6 Å². The number of rotatable bonds is 5. The van der Waals surface area contributed by atoms with Crippen molar-refractivity contribution in [2.45, 2.75) is 12.8 Å². The summed E-state index contributed by atoms with van der Waals surface area (Å²) in [5.74, 6) is 0.461. The molecule has 0 saturated heterocycles. The Hall–Kier alpha value is -2.97. The molecule has 4 rings (SSSR count). The van der Waals surface area contributed by atoms with Crippen LogP contribution >= 0.6 is 22.7 Å². The molecule has 0 bridgehead atoms. The van der Waals surface area contributed by atoms with Gasteiger partial charge in [0.1, 0.15) is 5.75 Å². The Morgan fingerprint density at radius 1 is 1.20 bits per heavy atom. The van der Waals surface area contributed by atoms with Crippen LogP contribution in [-0.2, 0) is 17.6 Å². The van der Waals surface area contributed by atoms with Gasteiger partial charge in [0.05, 0.1) is 12.8 Å². The molecule has 0 saturated carbocycles. The number of thiophene rings is 1. The van der Waals surface area contributed by atoms with E-state index < -0.39 is 0 Å². The van der Waals surface area contributed by atoms with Crippen LogP contribution in [0.2, 0.25) is 0 Å². The number of aromatic nitrogens is 1. The van der Waals surface area contributed by atoms with E-state index in [-0.39, 0.29) is 11.8 Å². The number of thiazole rings is 1. The van der Waals surface area contributed by atoms with Gasteiger partial charge in [0.25, 0.3) is 5.91 Å². The number of anilines is 1. The highest BCUT2D eigenvalue weighted by Gasteiger charge is 2.22. The minimum Gasteiger partial charge on any atom is -0.497 e. The fourth-order valence-corrected chi connectivity index (χ4v) is 4.82. The normalized spacial score (nSPS) is 13.7. The van der Waals surface area contributed by atoms with Crippen molar-refractivity contribution in [3.63, 3.8) is 0 Å². The number of fused-ring (bicyclic) bond motifs is 1. The Bertz CT molecular complexity index is 1050. The lowest BCUT2D eigenvalue weighted by Gasteiger charge is -2.18. The summed E-state index contributed by atoms with van der Waals surface area (Å²) in [4.78, 5) is 33.6. The molecule has 0 spiro atoms. The van der Waals surface area contributed by atoms with Gasteiger partial charge in [-0.15, -0.1) is 22.7 Å². The summed E-state index contributed by atoms with van der Waals surface area (Å²) >= 11 is 3.01. The van der Waals surface area contributed by atoms with Gasteiger partial charge in [-0.1, -0.05) is 12.1 Å². The van der Waals surface area contributed by atoms with Gasteiger partial charge < -0.3 is 15.0 Å². The first-order valence-corrected chi connectivity index (χ1v) is 11.3. The zero-order valence-corrected chi connectivity index (χ0v) is 18.1. The van der Waals surface area contributed by atoms with E-state index in [1.807, 2.05) is 46.7 Å². The predicted molar refractivity (Wildman–Crippen MR) is 120 cm³/mol. The van der Waals surface area contributed by atoms with Crippen molar-refractivity contribution >= 4 is 46.3 Å². The van der Waals surface area contributed by atoms with Crippen LogP contribution in [-0.4, -0.2) is 41.9 Å². The van der Waals surface area contributed by atoms with Crippen molar-refractivity contribution in [3.8, 4) is 5.75 Å². The molecular formula is C22H21N3O3S2.